The molecule has 0 radical (unpaired) electrons. The second-order valence-electron chi connectivity index (χ2n) is 5.99. The Kier molecular flexibility index (Phi) is 6.05. The van der Waals surface area contributed by atoms with Crippen LogP contribution < -0.4 is 5.32 Å². The van der Waals surface area contributed by atoms with Crippen LogP contribution in [0.25, 0.3) is 0 Å². The lowest BCUT2D eigenvalue weighted by atomic mass is 10.1. The van der Waals surface area contributed by atoms with E-state index >= 15 is 0 Å². The summed E-state index contributed by atoms with van der Waals surface area (Å²) in [5.41, 5.74) is 0. The standard InChI is InChI=1S/C15H23N3OS.ClH/c1-17(10-14-3-2-8-20-14)15(19)11-18-7-6-12-4-5-13(9-18)16-12;/h2-3,8,12-13,16H,4-7,9-11H2,1H3;1H. The molecular weight excluding hydrogens is 306 g/mol. The van der Waals surface area contributed by atoms with E-state index in [2.05, 4.69) is 21.7 Å². The van der Waals surface area contributed by atoms with Gasteiger partial charge in [0.2, 0.25) is 5.91 Å². The molecule has 118 valence electrons. The van der Waals surface area contributed by atoms with Crippen molar-refractivity contribution in [1.82, 2.24) is 15.1 Å². The number of rotatable bonds is 4. The Balaban J connectivity index is 0.00000161. The summed E-state index contributed by atoms with van der Waals surface area (Å²) in [6.45, 7) is 3.36. The molecule has 4 nitrogen and oxygen atoms in total. The highest BCUT2D eigenvalue weighted by molar-refractivity contribution is 7.09. The van der Waals surface area contributed by atoms with Crippen molar-refractivity contribution in [2.24, 2.45) is 0 Å². The summed E-state index contributed by atoms with van der Waals surface area (Å²) < 4.78 is 0. The second kappa shape index (κ2) is 7.58. The van der Waals surface area contributed by atoms with Crippen molar-refractivity contribution in [3.05, 3.63) is 22.4 Å². The Morgan fingerprint density at radius 1 is 1.43 bits per heavy atom. The molecule has 0 aromatic carbocycles. The number of hydrogen-bond acceptors (Lipinski definition) is 4. The van der Waals surface area contributed by atoms with E-state index in [1.807, 2.05) is 18.0 Å². The van der Waals surface area contributed by atoms with Gasteiger partial charge in [0.15, 0.2) is 0 Å². The quantitative estimate of drug-likeness (QED) is 0.917. The van der Waals surface area contributed by atoms with E-state index < -0.39 is 0 Å². The summed E-state index contributed by atoms with van der Waals surface area (Å²) in [6, 6.07) is 5.40. The number of likely N-dealkylation sites (N-methyl/N-ethyl adjacent to an activating group) is 1. The lowest BCUT2D eigenvalue weighted by Crippen LogP contribution is -2.42. The van der Waals surface area contributed by atoms with Crippen molar-refractivity contribution in [2.45, 2.75) is 37.9 Å². The smallest absolute Gasteiger partial charge is 0.236 e. The molecule has 2 atom stereocenters. The SMILES string of the molecule is CN(Cc1cccs1)C(=O)CN1CCC2CCC(C1)N2.Cl. The highest BCUT2D eigenvalue weighted by Crippen LogP contribution is 2.20. The maximum Gasteiger partial charge on any atom is 0.236 e. The maximum atomic E-state index is 12.3. The fourth-order valence-electron chi connectivity index (χ4n) is 3.20. The van der Waals surface area contributed by atoms with E-state index in [4.69, 9.17) is 0 Å². The number of thiophene rings is 1. The molecule has 1 N–H and O–H groups in total. The normalized spacial score (nSPS) is 25.2. The van der Waals surface area contributed by atoms with Crippen LogP contribution in [0.1, 0.15) is 24.1 Å². The molecule has 0 aliphatic carbocycles. The zero-order chi connectivity index (χ0) is 13.9. The minimum absolute atomic E-state index is 0. The molecule has 2 aliphatic heterocycles. The van der Waals surface area contributed by atoms with Crippen LogP contribution in [0.15, 0.2) is 17.5 Å². The van der Waals surface area contributed by atoms with Crippen LogP contribution in [-0.2, 0) is 11.3 Å². The van der Waals surface area contributed by atoms with Crippen molar-refractivity contribution in [3.8, 4) is 0 Å². The Morgan fingerprint density at radius 3 is 3.00 bits per heavy atom. The largest absolute Gasteiger partial charge is 0.340 e. The Hall–Kier alpha value is -0.620. The number of nitrogens with one attached hydrogen (secondary N) is 1. The summed E-state index contributed by atoms with van der Waals surface area (Å²) in [4.78, 5) is 17.7. The van der Waals surface area contributed by atoms with Crippen LogP contribution in [-0.4, -0.2) is 54.5 Å². The van der Waals surface area contributed by atoms with Gasteiger partial charge >= 0.3 is 0 Å². The zero-order valence-corrected chi connectivity index (χ0v) is 14.1. The molecule has 3 heterocycles. The molecule has 0 saturated carbocycles. The zero-order valence-electron chi connectivity index (χ0n) is 12.5. The summed E-state index contributed by atoms with van der Waals surface area (Å²) in [5.74, 6) is 0.233. The monoisotopic (exact) mass is 329 g/mol. The summed E-state index contributed by atoms with van der Waals surface area (Å²) in [5, 5.41) is 5.72. The number of halogens is 1. The molecule has 1 amide bonds. The summed E-state index contributed by atoms with van der Waals surface area (Å²) >= 11 is 1.71. The third-order valence-electron chi connectivity index (χ3n) is 4.37. The average Bonchev–Trinajstić information content (AvgIpc) is 3.02. The van der Waals surface area contributed by atoms with Crippen molar-refractivity contribution in [3.63, 3.8) is 0 Å². The number of hydrogen-bond donors (Lipinski definition) is 1. The van der Waals surface area contributed by atoms with Crippen LogP contribution in [0.2, 0.25) is 0 Å². The molecule has 2 saturated heterocycles. The van der Waals surface area contributed by atoms with Gasteiger partial charge in [-0.1, -0.05) is 6.07 Å². The molecular formula is C15H24ClN3OS. The van der Waals surface area contributed by atoms with Crippen LogP contribution in [0.3, 0.4) is 0 Å². The van der Waals surface area contributed by atoms with Crippen molar-refractivity contribution in [1.29, 1.82) is 0 Å². The van der Waals surface area contributed by atoms with Gasteiger partial charge in [-0.2, -0.15) is 0 Å². The van der Waals surface area contributed by atoms with E-state index in [1.165, 1.54) is 24.1 Å². The van der Waals surface area contributed by atoms with Gasteiger partial charge in [-0.25, -0.2) is 0 Å². The third kappa shape index (κ3) is 4.42. The maximum absolute atomic E-state index is 12.3. The minimum Gasteiger partial charge on any atom is -0.340 e. The van der Waals surface area contributed by atoms with Gasteiger partial charge in [0, 0.05) is 37.1 Å². The van der Waals surface area contributed by atoms with Gasteiger partial charge in [0.05, 0.1) is 13.1 Å². The van der Waals surface area contributed by atoms with E-state index in [9.17, 15) is 4.79 Å². The number of fused-ring (bicyclic) bond motifs is 2. The molecule has 1 aromatic heterocycles. The molecule has 21 heavy (non-hydrogen) atoms. The van der Waals surface area contributed by atoms with Crippen molar-refractivity contribution < 1.29 is 4.79 Å². The molecule has 2 aliphatic rings. The molecule has 3 rings (SSSR count). The van der Waals surface area contributed by atoms with Gasteiger partial charge in [0.1, 0.15) is 0 Å². The van der Waals surface area contributed by atoms with Gasteiger partial charge in [-0.3, -0.25) is 9.69 Å². The number of carbonyl (C=O) groups is 1. The first-order valence-corrected chi connectivity index (χ1v) is 8.33. The minimum atomic E-state index is 0. The van der Waals surface area contributed by atoms with Crippen molar-refractivity contribution >= 4 is 29.7 Å². The number of carbonyl (C=O) groups excluding carboxylic acids is 1. The number of likely N-dealkylation sites (tertiary alicyclic amines) is 1. The van der Waals surface area contributed by atoms with Crippen LogP contribution in [0, 0.1) is 0 Å². The Labute approximate surface area is 136 Å². The topological polar surface area (TPSA) is 35.6 Å². The van der Waals surface area contributed by atoms with Crippen LogP contribution >= 0.6 is 23.7 Å². The predicted octanol–water partition coefficient (Wildman–Crippen LogP) is 1.95. The Morgan fingerprint density at radius 2 is 2.24 bits per heavy atom. The van der Waals surface area contributed by atoms with Gasteiger partial charge in [-0.15, -0.1) is 23.7 Å². The fraction of sp³-hybridized carbons (Fsp3) is 0.667. The van der Waals surface area contributed by atoms with Gasteiger partial charge < -0.3 is 10.2 Å². The van der Waals surface area contributed by atoms with Gasteiger partial charge in [-0.05, 0) is 30.7 Å². The van der Waals surface area contributed by atoms with Crippen molar-refractivity contribution in [2.75, 3.05) is 26.7 Å². The van der Waals surface area contributed by atoms with Crippen LogP contribution in [0.5, 0.6) is 0 Å². The molecule has 1 aromatic rings. The van der Waals surface area contributed by atoms with E-state index in [-0.39, 0.29) is 18.3 Å². The Bertz CT molecular complexity index is 454. The first-order valence-electron chi connectivity index (χ1n) is 7.45. The molecule has 2 unspecified atom stereocenters. The predicted molar refractivity (Wildman–Crippen MR) is 89.0 cm³/mol. The van der Waals surface area contributed by atoms with E-state index in [0.717, 1.165) is 19.6 Å². The first-order chi connectivity index (χ1) is 9.70. The van der Waals surface area contributed by atoms with E-state index in [1.54, 1.807) is 11.3 Å². The fourth-order valence-corrected chi connectivity index (χ4v) is 3.95. The van der Waals surface area contributed by atoms with E-state index in [0.29, 0.717) is 18.6 Å². The lowest BCUT2D eigenvalue weighted by molar-refractivity contribution is -0.131. The highest BCUT2D eigenvalue weighted by Gasteiger charge is 2.30. The van der Waals surface area contributed by atoms with Gasteiger partial charge in [0.25, 0.3) is 0 Å². The average molecular weight is 330 g/mol. The number of amides is 1. The highest BCUT2D eigenvalue weighted by atomic mass is 35.5. The summed E-state index contributed by atoms with van der Waals surface area (Å²) in [7, 11) is 1.91. The molecule has 2 fully saturated rings. The molecule has 0 spiro atoms. The lowest BCUT2D eigenvalue weighted by Gasteiger charge is -2.26. The summed E-state index contributed by atoms with van der Waals surface area (Å²) in [6.07, 6.45) is 3.75. The molecule has 2 bridgehead atoms. The van der Waals surface area contributed by atoms with Crippen LogP contribution in [0.4, 0.5) is 0 Å². The number of nitrogens with zero attached hydrogens (tertiary/aromatic N) is 2. The first kappa shape index (κ1) is 16.7. The third-order valence-corrected chi connectivity index (χ3v) is 5.23. The molecule has 6 heteroatoms. The second-order valence-corrected chi connectivity index (χ2v) is 7.02.